The lowest BCUT2D eigenvalue weighted by molar-refractivity contribution is -0.143. The molecule has 2 aliphatic rings. The average Bonchev–Trinajstić information content (AvgIpc) is 3.42. The number of rotatable bonds is 8. The van der Waals surface area contributed by atoms with Gasteiger partial charge in [-0.2, -0.15) is 0 Å². The molecule has 2 aromatic rings. The summed E-state index contributed by atoms with van der Waals surface area (Å²) in [5.74, 6) is 0.122. The van der Waals surface area contributed by atoms with E-state index in [-0.39, 0.29) is 18.5 Å². The highest BCUT2D eigenvalue weighted by Crippen LogP contribution is 2.48. The number of fused-ring (bicyclic) bond motifs is 1. The van der Waals surface area contributed by atoms with Crippen molar-refractivity contribution in [2.45, 2.75) is 31.7 Å². The van der Waals surface area contributed by atoms with Crippen molar-refractivity contribution in [1.82, 2.24) is 4.90 Å². The first-order valence-corrected chi connectivity index (χ1v) is 10.7. The molecule has 2 heterocycles. The molecular weight excluding hydrogens is 410 g/mol. The Morgan fingerprint density at radius 2 is 1.84 bits per heavy atom. The maximum atomic E-state index is 12.5. The van der Waals surface area contributed by atoms with E-state index in [0.717, 1.165) is 17.5 Å². The fraction of sp³-hybridized carbons (Fsp3) is 0.360. The third-order valence-corrected chi connectivity index (χ3v) is 6.05. The van der Waals surface area contributed by atoms with Gasteiger partial charge in [0.05, 0.1) is 19.1 Å². The molecule has 0 spiro atoms. The number of likely N-dealkylation sites (tertiary alicyclic amines) is 1. The van der Waals surface area contributed by atoms with Gasteiger partial charge in [0.25, 0.3) is 0 Å². The summed E-state index contributed by atoms with van der Waals surface area (Å²) in [5.41, 5.74) is 1.73. The van der Waals surface area contributed by atoms with Crippen molar-refractivity contribution in [3.05, 3.63) is 65.9 Å². The maximum Gasteiger partial charge on any atom is 0.309 e. The molecule has 1 fully saturated rings. The highest BCUT2D eigenvalue weighted by molar-refractivity contribution is 5.89. The summed E-state index contributed by atoms with van der Waals surface area (Å²) in [4.78, 5) is 26.6. The van der Waals surface area contributed by atoms with Crippen LogP contribution in [0.2, 0.25) is 0 Å². The second-order valence-corrected chi connectivity index (χ2v) is 8.03. The molecule has 4 rings (SSSR count). The SMILES string of the molecule is CCCC(=O)C=CN1CC(c2ccc3c(c2)OCO3)C(C(=O)O)C1c1ccc(OC)cc1. The van der Waals surface area contributed by atoms with Crippen LogP contribution in [-0.2, 0) is 9.59 Å². The normalized spacial score (nSPS) is 21.8. The minimum absolute atomic E-state index is 0.0272. The number of nitrogens with zero attached hydrogens (tertiary/aromatic N) is 1. The Hall–Kier alpha value is -3.48. The largest absolute Gasteiger partial charge is 0.497 e. The molecule has 0 bridgehead atoms. The van der Waals surface area contributed by atoms with Crippen LogP contribution in [-0.4, -0.2) is 42.2 Å². The first kappa shape index (κ1) is 21.7. The van der Waals surface area contributed by atoms with Crippen LogP contribution in [0.1, 0.15) is 42.9 Å². The number of allylic oxidation sites excluding steroid dienone is 1. The molecule has 2 aromatic carbocycles. The minimum atomic E-state index is -0.885. The van der Waals surface area contributed by atoms with Crippen molar-refractivity contribution >= 4 is 11.8 Å². The fourth-order valence-corrected chi connectivity index (χ4v) is 4.51. The number of carboxylic acids is 1. The monoisotopic (exact) mass is 437 g/mol. The lowest BCUT2D eigenvalue weighted by Gasteiger charge is -2.26. The Bertz CT molecular complexity index is 1020. The topological polar surface area (TPSA) is 85.3 Å². The Morgan fingerprint density at radius 3 is 2.53 bits per heavy atom. The van der Waals surface area contributed by atoms with Crippen LogP contribution in [0.25, 0.3) is 0 Å². The van der Waals surface area contributed by atoms with E-state index in [1.54, 1.807) is 19.4 Å². The first-order valence-electron chi connectivity index (χ1n) is 10.7. The zero-order valence-corrected chi connectivity index (χ0v) is 18.2. The summed E-state index contributed by atoms with van der Waals surface area (Å²) in [6, 6.07) is 12.6. The summed E-state index contributed by atoms with van der Waals surface area (Å²) < 4.78 is 16.2. The van der Waals surface area contributed by atoms with Crippen molar-refractivity contribution in [1.29, 1.82) is 0 Å². The smallest absolute Gasteiger partial charge is 0.309 e. The Balaban J connectivity index is 1.73. The van der Waals surface area contributed by atoms with Gasteiger partial charge in [-0.15, -0.1) is 0 Å². The summed E-state index contributed by atoms with van der Waals surface area (Å²) in [5, 5.41) is 10.3. The summed E-state index contributed by atoms with van der Waals surface area (Å²) in [6.45, 7) is 2.58. The molecule has 3 unspecified atom stereocenters. The highest BCUT2D eigenvalue weighted by atomic mass is 16.7. The van der Waals surface area contributed by atoms with Gasteiger partial charge in [0.2, 0.25) is 6.79 Å². The molecule has 0 aromatic heterocycles. The number of aliphatic carboxylic acids is 1. The van der Waals surface area contributed by atoms with Crippen molar-refractivity contribution in [3.8, 4) is 17.2 Å². The lowest BCUT2D eigenvalue weighted by atomic mass is 9.83. The van der Waals surface area contributed by atoms with Gasteiger partial charge in [0.1, 0.15) is 5.75 Å². The van der Waals surface area contributed by atoms with Gasteiger partial charge in [0, 0.05) is 25.1 Å². The van der Waals surface area contributed by atoms with Crippen molar-refractivity contribution in [2.24, 2.45) is 5.92 Å². The third-order valence-electron chi connectivity index (χ3n) is 6.05. The Morgan fingerprint density at radius 1 is 1.12 bits per heavy atom. The van der Waals surface area contributed by atoms with Crippen LogP contribution in [0.15, 0.2) is 54.7 Å². The summed E-state index contributed by atoms with van der Waals surface area (Å²) in [7, 11) is 1.59. The number of ether oxygens (including phenoxy) is 3. The quantitative estimate of drug-likeness (QED) is 0.621. The fourth-order valence-electron chi connectivity index (χ4n) is 4.51. The van der Waals surface area contributed by atoms with E-state index in [2.05, 4.69) is 0 Å². The number of ketones is 1. The molecule has 7 nitrogen and oxygen atoms in total. The molecule has 168 valence electrons. The molecule has 0 saturated carbocycles. The van der Waals surface area contributed by atoms with Crippen molar-refractivity contribution in [2.75, 3.05) is 20.4 Å². The van der Waals surface area contributed by atoms with Gasteiger partial charge >= 0.3 is 5.97 Å². The number of benzene rings is 2. The maximum absolute atomic E-state index is 12.5. The lowest BCUT2D eigenvalue weighted by Crippen LogP contribution is -2.26. The van der Waals surface area contributed by atoms with Gasteiger partial charge in [-0.1, -0.05) is 25.1 Å². The van der Waals surface area contributed by atoms with Crippen molar-refractivity contribution in [3.63, 3.8) is 0 Å². The zero-order chi connectivity index (χ0) is 22.7. The number of carbonyl (C=O) groups excluding carboxylic acids is 1. The van der Waals surface area contributed by atoms with Crippen LogP contribution in [0.3, 0.4) is 0 Å². The van der Waals surface area contributed by atoms with E-state index >= 15 is 0 Å². The number of carbonyl (C=O) groups is 2. The van der Waals surface area contributed by atoms with Gasteiger partial charge in [0.15, 0.2) is 17.3 Å². The number of hydrogen-bond acceptors (Lipinski definition) is 6. The molecule has 32 heavy (non-hydrogen) atoms. The Kier molecular flexibility index (Phi) is 6.35. The number of carboxylic acid groups (broad SMARTS) is 1. The van der Waals surface area contributed by atoms with E-state index in [9.17, 15) is 14.7 Å². The molecule has 0 radical (unpaired) electrons. The van der Waals surface area contributed by atoms with Crippen LogP contribution < -0.4 is 14.2 Å². The zero-order valence-electron chi connectivity index (χ0n) is 18.2. The van der Waals surface area contributed by atoms with Crippen LogP contribution in [0.5, 0.6) is 17.2 Å². The molecule has 0 amide bonds. The second-order valence-electron chi connectivity index (χ2n) is 8.03. The molecule has 0 aliphatic carbocycles. The van der Waals surface area contributed by atoms with E-state index in [0.29, 0.717) is 30.2 Å². The van der Waals surface area contributed by atoms with E-state index in [1.165, 1.54) is 0 Å². The van der Waals surface area contributed by atoms with Crippen LogP contribution >= 0.6 is 0 Å². The van der Waals surface area contributed by atoms with E-state index in [1.807, 2.05) is 54.3 Å². The average molecular weight is 437 g/mol. The number of hydrogen-bond donors (Lipinski definition) is 1. The third kappa shape index (κ3) is 4.28. The molecular formula is C25H27NO6. The molecule has 3 atom stereocenters. The van der Waals surface area contributed by atoms with Crippen LogP contribution in [0.4, 0.5) is 0 Å². The van der Waals surface area contributed by atoms with E-state index < -0.39 is 17.9 Å². The van der Waals surface area contributed by atoms with Gasteiger partial charge in [-0.3, -0.25) is 9.59 Å². The summed E-state index contributed by atoms with van der Waals surface area (Å²) in [6.07, 6.45) is 4.53. The van der Waals surface area contributed by atoms with Crippen LogP contribution in [0, 0.1) is 5.92 Å². The standard InChI is InChI=1S/C25H27NO6/c1-3-4-18(27)11-12-26-14-20(17-7-10-21-22(13-17)32-15-31-21)23(25(28)29)24(26)16-5-8-19(30-2)9-6-16/h5-13,20,23-24H,3-4,14-15H2,1-2H3,(H,28,29). The molecule has 1 saturated heterocycles. The first-order chi connectivity index (χ1) is 15.5. The minimum Gasteiger partial charge on any atom is -0.497 e. The predicted molar refractivity (Wildman–Crippen MR) is 118 cm³/mol. The van der Waals surface area contributed by atoms with Crippen molar-refractivity contribution < 1.29 is 28.9 Å². The second kappa shape index (κ2) is 9.34. The van der Waals surface area contributed by atoms with Gasteiger partial charge < -0.3 is 24.2 Å². The van der Waals surface area contributed by atoms with Gasteiger partial charge in [-0.25, -0.2) is 0 Å². The van der Waals surface area contributed by atoms with E-state index in [4.69, 9.17) is 14.2 Å². The van der Waals surface area contributed by atoms with Gasteiger partial charge in [-0.05, 0) is 47.9 Å². The highest BCUT2D eigenvalue weighted by Gasteiger charge is 2.46. The number of methoxy groups -OCH3 is 1. The molecule has 7 heteroatoms. The Labute approximate surface area is 187 Å². The predicted octanol–water partition coefficient (Wildman–Crippen LogP) is 4.15. The summed E-state index contributed by atoms with van der Waals surface area (Å²) >= 11 is 0. The molecule has 1 N–H and O–H groups in total. The molecule has 2 aliphatic heterocycles.